The van der Waals surface area contributed by atoms with Gasteiger partial charge in [0.2, 0.25) is 0 Å². The number of amides is 1. The zero-order chi connectivity index (χ0) is 13.8. The minimum absolute atomic E-state index is 0.270. The van der Waals surface area contributed by atoms with E-state index < -0.39 is 5.60 Å². The molecule has 1 fully saturated rings. The molecule has 3 nitrogen and oxygen atoms in total. The van der Waals surface area contributed by atoms with Gasteiger partial charge in [-0.15, -0.1) is 0 Å². The lowest BCUT2D eigenvalue weighted by Gasteiger charge is -2.31. The van der Waals surface area contributed by atoms with Gasteiger partial charge in [-0.25, -0.2) is 4.79 Å². The van der Waals surface area contributed by atoms with Gasteiger partial charge in [-0.2, -0.15) is 0 Å². The minimum Gasteiger partial charge on any atom is -0.444 e. The van der Waals surface area contributed by atoms with Crippen LogP contribution in [0.2, 0.25) is 0 Å². The molecule has 0 heterocycles. The summed E-state index contributed by atoms with van der Waals surface area (Å²) in [6, 6.07) is 0.270. The molecule has 0 unspecified atom stereocenters. The van der Waals surface area contributed by atoms with E-state index >= 15 is 0 Å². The monoisotopic (exact) mass is 383 g/mol. The molecular formula is C13H23Br2NO2. The van der Waals surface area contributed by atoms with Crippen molar-refractivity contribution in [3.63, 3.8) is 0 Å². The van der Waals surface area contributed by atoms with Crippen LogP contribution in [0.25, 0.3) is 0 Å². The number of nitrogens with one attached hydrogen (secondary N) is 1. The lowest BCUT2D eigenvalue weighted by Crippen LogP contribution is -2.41. The maximum atomic E-state index is 11.6. The first-order valence-electron chi connectivity index (χ1n) is 6.51. The van der Waals surface area contributed by atoms with E-state index in [-0.39, 0.29) is 12.1 Å². The van der Waals surface area contributed by atoms with Crippen LogP contribution in [-0.2, 0) is 4.74 Å². The molecule has 1 rings (SSSR count). The number of halogens is 2. The fourth-order valence-corrected chi connectivity index (χ4v) is 3.28. The highest BCUT2D eigenvalue weighted by Crippen LogP contribution is 2.31. The van der Waals surface area contributed by atoms with E-state index in [0.717, 1.165) is 31.0 Å². The summed E-state index contributed by atoms with van der Waals surface area (Å²) in [6.45, 7) is 5.65. The lowest BCUT2D eigenvalue weighted by molar-refractivity contribution is 0.0487. The molecule has 1 N–H and O–H groups in total. The molecule has 0 aromatic heterocycles. The fourth-order valence-electron chi connectivity index (χ4n) is 2.23. The first kappa shape index (κ1) is 16.3. The van der Waals surface area contributed by atoms with Crippen LogP contribution in [0.5, 0.6) is 0 Å². The average molecular weight is 385 g/mol. The molecule has 0 aromatic carbocycles. The summed E-state index contributed by atoms with van der Waals surface area (Å²) < 4.78 is 5.27. The molecule has 0 bridgehead atoms. The Bertz CT molecular complexity index is 271. The van der Waals surface area contributed by atoms with Crippen molar-refractivity contribution in [2.45, 2.75) is 62.9 Å². The van der Waals surface area contributed by atoms with Crippen LogP contribution in [0.15, 0.2) is 0 Å². The highest BCUT2D eigenvalue weighted by Gasteiger charge is 2.27. The third-order valence-electron chi connectivity index (χ3n) is 3.15. The molecule has 0 spiro atoms. The van der Waals surface area contributed by atoms with Gasteiger partial charge < -0.3 is 10.1 Å². The van der Waals surface area contributed by atoms with E-state index in [1.54, 1.807) is 0 Å². The average Bonchev–Trinajstić information content (AvgIpc) is 2.26. The lowest BCUT2D eigenvalue weighted by atomic mass is 9.84. The Labute approximate surface area is 127 Å². The molecule has 0 saturated heterocycles. The summed E-state index contributed by atoms with van der Waals surface area (Å²) in [7, 11) is 0. The summed E-state index contributed by atoms with van der Waals surface area (Å²) in [4.78, 5) is 12.2. The Morgan fingerprint density at radius 2 is 1.89 bits per heavy atom. The van der Waals surface area contributed by atoms with E-state index in [1.165, 1.54) is 0 Å². The Morgan fingerprint density at radius 3 is 2.33 bits per heavy atom. The van der Waals surface area contributed by atoms with Crippen molar-refractivity contribution in [3.8, 4) is 0 Å². The van der Waals surface area contributed by atoms with Crippen LogP contribution in [0.4, 0.5) is 4.79 Å². The fraction of sp³-hybridized carbons (Fsp3) is 0.923. The minimum atomic E-state index is -0.418. The van der Waals surface area contributed by atoms with Gasteiger partial charge in [0.25, 0.3) is 0 Å². The van der Waals surface area contributed by atoms with E-state index in [0.29, 0.717) is 10.7 Å². The second-order valence-electron chi connectivity index (χ2n) is 5.93. The predicted molar refractivity (Wildman–Crippen MR) is 81.6 cm³/mol. The van der Waals surface area contributed by atoms with Gasteiger partial charge in [0.15, 0.2) is 0 Å². The Balaban J connectivity index is 2.29. The van der Waals surface area contributed by atoms with Crippen molar-refractivity contribution in [2.75, 3.05) is 5.33 Å². The first-order chi connectivity index (χ1) is 8.31. The highest BCUT2D eigenvalue weighted by molar-refractivity contribution is 9.12. The molecular weight excluding hydrogens is 362 g/mol. The largest absolute Gasteiger partial charge is 0.444 e. The number of carbonyl (C=O) groups is 1. The molecule has 0 radical (unpaired) electrons. The van der Waals surface area contributed by atoms with Gasteiger partial charge in [0.05, 0.1) is 0 Å². The van der Waals surface area contributed by atoms with E-state index in [9.17, 15) is 4.79 Å². The van der Waals surface area contributed by atoms with E-state index in [4.69, 9.17) is 4.74 Å². The molecule has 1 atom stereocenters. The van der Waals surface area contributed by atoms with Crippen molar-refractivity contribution < 1.29 is 9.53 Å². The van der Waals surface area contributed by atoms with Crippen LogP contribution in [0.3, 0.4) is 0 Å². The Kier molecular flexibility index (Phi) is 6.45. The SMILES string of the molecule is CC(C)(C)OC(=O)NC1CCC([C@H](Br)CBr)CC1. The van der Waals surface area contributed by atoms with Crippen molar-refractivity contribution in [1.29, 1.82) is 0 Å². The molecule has 0 aromatic rings. The summed E-state index contributed by atoms with van der Waals surface area (Å²) in [5.74, 6) is 0.709. The third-order valence-corrected chi connectivity index (χ3v) is 5.79. The second-order valence-corrected chi connectivity index (χ2v) is 7.75. The molecule has 1 amide bonds. The molecule has 5 heteroatoms. The van der Waals surface area contributed by atoms with Crippen LogP contribution in [-0.4, -0.2) is 27.9 Å². The third kappa shape index (κ3) is 5.91. The first-order valence-corrected chi connectivity index (χ1v) is 8.55. The van der Waals surface area contributed by atoms with Gasteiger partial charge >= 0.3 is 6.09 Å². The van der Waals surface area contributed by atoms with Gasteiger partial charge in [-0.1, -0.05) is 31.9 Å². The van der Waals surface area contributed by atoms with Crippen molar-refractivity contribution in [3.05, 3.63) is 0 Å². The number of alkyl carbamates (subject to hydrolysis) is 1. The highest BCUT2D eigenvalue weighted by atomic mass is 79.9. The molecule has 18 heavy (non-hydrogen) atoms. The number of carbonyl (C=O) groups excluding carboxylic acids is 1. The number of alkyl halides is 2. The maximum absolute atomic E-state index is 11.6. The molecule has 106 valence electrons. The summed E-state index contributed by atoms with van der Waals surface area (Å²) >= 11 is 7.19. The van der Waals surface area contributed by atoms with Gasteiger partial charge in [-0.3, -0.25) is 0 Å². The second kappa shape index (κ2) is 7.13. The van der Waals surface area contributed by atoms with Crippen molar-refractivity contribution in [2.24, 2.45) is 5.92 Å². The van der Waals surface area contributed by atoms with Gasteiger partial charge in [-0.05, 0) is 52.4 Å². The van der Waals surface area contributed by atoms with E-state index in [2.05, 4.69) is 37.2 Å². The van der Waals surface area contributed by atoms with Gasteiger partial charge in [0.1, 0.15) is 5.60 Å². The van der Waals surface area contributed by atoms with Crippen LogP contribution in [0.1, 0.15) is 46.5 Å². The molecule has 1 aliphatic carbocycles. The van der Waals surface area contributed by atoms with E-state index in [1.807, 2.05) is 20.8 Å². The maximum Gasteiger partial charge on any atom is 0.407 e. The van der Waals surface area contributed by atoms with Crippen molar-refractivity contribution >= 4 is 38.0 Å². The number of hydrogen-bond acceptors (Lipinski definition) is 2. The normalized spacial score (nSPS) is 26.5. The number of hydrogen-bond donors (Lipinski definition) is 1. The smallest absolute Gasteiger partial charge is 0.407 e. The number of rotatable bonds is 3. The molecule has 1 saturated carbocycles. The Hall–Kier alpha value is 0.230. The molecule has 0 aliphatic heterocycles. The van der Waals surface area contributed by atoms with Gasteiger partial charge in [0, 0.05) is 16.2 Å². The molecule has 1 aliphatic rings. The quantitative estimate of drug-likeness (QED) is 0.739. The van der Waals surface area contributed by atoms with Crippen LogP contribution >= 0.6 is 31.9 Å². The zero-order valence-electron chi connectivity index (χ0n) is 11.3. The standard InChI is InChI=1S/C13H23Br2NO2/c1-13(2,3)18-12(17)16-10-6-4-9(5-7-10)11(15)8-14/h9-11H,4-8H2,1-3H3,(H,16,17)/t9?,10?,11-/m1/s1. The van der Waals surface area contributed by atoms with Crippen molar-refractivity contribution in [1.82, 2.24) is 5.32 Å². The summed E-state index contributed by atoms with van der Waals surface area (Å²) in [5, 5.41) is 3.95. The Morgan fingerprint density at radius 1 is 1.33 bits per heavy atom. The predicted octanol–water partition coefficient (Wildman–Crippen LogP) is 4.23. The summed E-state index contributed by atoms with van der Waals surface area (Å²) in [5.41, 5.74) is -0.418. The topological polar surface area (TPSA) is 38.3 Å². The van der Waals surface area contributed by atoms with Crippen LogP contribution in [0, 0.1) is 5.92 Å². The number of ether oxygens (including phenoxy) is 1. The van der Waals surface area contributed by atoms with Crippen LogP contribution < -0.4 is 5.32 Å². The zero-order valence-corrected chi connectivity index (χ0v) is 14.5. The summed E-state index contributed by atoms with van der Waals surface area (Å²) in [6.07, 6.45) is 4.10.